The van der Waals surface area contributed by atoms with Gasteiger partial charge >= 0.3 is 0 Å². The summed E-state index contributed by atoms with van der Waals surface area (Å²) in [5.74, 6) is -0.661. The Balaban J connectivity index is 2.04. The molecule has 17 heavy (non-hydrogen) atoms. The molecule has 3 nitrogen and oxygen atoms in total. The summed E-state index contributed by atoms with van der Waals surface area (Å²) < 4.78 is 13.1. The number of aryl methyl sites for hydroxylation is 1. The van der Waals surface area contributed by atoms with Crippen LogP contribution in [0.5, 0.6) is 0 Å². The standard InChI is InChI=1S/C13H13FN2O/c1-9-4-11(6-12(14)5-9)13(17)16-8-10-2-3-15-7-10/h2-7,15H,8H2,1H3,(H,16,17). The van der Waals surface area contributed by atoms with Crippen molar-refractivity contribution < 1.29 is 9.18 Å². The lowest BCUT2D eigenvalue weighted by atomic mass is 10.1. The van der Waals surface area contributed by atoms with Crippen molar-refractivity contribution in [3.8, 4) is 0 Å². The van der Waals surface area contributed by atoms with Gasteiger partial charge in [-0.3, -0.25) is 4.79 Å². The third kappa shape index (κ3) is 2.93. The van der Waals surface area contributed by atoms with Gasteiger partial charge in [0, 0.05) is 24.5 Å². The summed E-state index contributed by atoms with van der Waals surface area (Å²) in [6, 6.07) is 6.16. The largest absolute Gasteiger partial charge is 0.367 e. The molecule has 0 unspecified atom stereocenters. The van der Waals surface area contributed by atoms with Gasteiger partial charge in [-0.2, -0.15) is 0 Å². The highest BCUT2D eigenvalue weighted by atomic mass is 19.1. The van der Waals surface area contributed by atoms with E-state index in [1.165, 1.54) is 12.1 Å². The van der Waals surface area contributed by atoms with E-state index in [9.17, 15) is 9.18 Å². The minimum absolute atomic E-state index is 0.270. The van der Waals surface area contributed by atoms with Crippen LogP contribution in [-0.4, -0.2) is 10.9 Å². The molecule has 0 saturated heterocycles. The van der Waals surface area contributed by atoms with Gasteiger partial charge in [-0.1, -0.05) is 0 Å². The predicted molar refractivity (Wildman–Crippen MR) is 63.1 cm³/mol. The van der Waals surface area contributed by atoms with Crippen molar-refractivity contribution in [2.45, 2.75) is 13.5 Å². The molecule has 1 aromatic heterocycles. The van der Waals surface area contributed by atoms with Crippen LogP contribution in [0.15, 0.2) is 36.7 Å². The fourth-order valence-electron chi connectivity index (χ4n) is 1.62. The molecule has 1 amide bonds. The van der Waals surface area contributed by atoms with Crippen molar-refractivity contribution in [1.29, 1.82) is 0 Å². The SMILES string of the molecule is Cc1cc(F)cc(C(=O)NCc2cc[nH]c2)c1. The highest BCUT2D eigenvalue weighted by Crippen LogP contribution is 2.08. The molecule has 2 aromatic rings. The second kappa shape index (κ2) is 4.82. The summed E-state index contributed by atoms with van der Waals surface area (Å²) in [6.45, 7) is 2.18. The van der Waals surface area contributed by atoms with Gasteiger partial charge in [0.15, 0.2) is 0 Å². The molecule has 0 fully saturated rings. The van der Waals surface area contributed by atoms with Gasteiger partial charge in [-0.15, -0.1) is 0 Å². The second-order valence-electron chi connectivity index (χ2n) is 3.92. The molecular formula is C13H13FN2O. The number of rotatable bonds is 3. The van der Waals surface area contributed by atoms with Gasteiger partial charge in [-0.25, -0.2) is 4.39 Å². The van der Waals surface area contributed by atoms with Crippen molar-refractivity contribution >= 4 is 5.91 Å². The highest BCUT2D eigenvalue weighted by Gasteiger charge is 2.07. The van der Waals surface area contributed by atoms with Crippen LogP contribution < -0.4 is 5.32 Å². The van der Waals surface area contributed by atoms with Crippen molar-refractivity contribution in [1.82, 2.24) is 10.3 Å². The number of H-pyrrole nitrogens is 1. The number of amides is 1. The number of aromatic nitrogens is 1. The molecule has 2 rings (SSSR count). The smallest absolute Gasteiger partial charge is 0.251 e. The van der Waals surface area contributed by atoms with Gasteiger partial charge in [0.25, 0.3) is 5.91 Å². The molecule has 0 saturated carbocycles. The quantitative estimate of drug-likeness (QED) is 0.838. The fraction of sp³-hybridized carbons (Fsp3) is 0.154. The fourth-order valence-corrected chi connectivity index (χ4v) is 1.62. The summed E-state index contributed by atoms with van der Waals surface area (Å²) >= 11 is 0. The number of benzene rings is 1. The van der Waals surface area contributed by atoms with Crippen LogP contribution in [0.4, 0.5) is 4.39 Å². The molecule has 0 aliphatic rings. The second-order valence-corrected chi connectivity index (χ2v) is 3.92. The number of halogens is 1. The monoisotopic (exact) mass is 232 g/mol. The van der Waals surface area contributed by atoms with Gasteiger partial charge in [0.05, 0.1) is 0 Å². The number of nitrogens with one attached hydrogen (secondary N) is 2. The maximum Gasteiger partial charge on any atom is 0.251 e. The molecule has 0 radical (unpaired) electrons. The van der Waals surface area contributed by atoms with Crippen molar-refractivity contribution in [3.05, 3.63) is 59.2 Å². The van der Waals surface area contributed by atoms with E-state index in [0.717, 1.165) is 11.1 Å². The van der Waals surface area contributed by atoms with Gasteiger partial charge in [0.2, 0.25) is 0 Å². The third-order valence-electron chi connectivity index (χ3n) is 2.42. The molecular weight excluding hydrogens is 219 g/mol. The topological polar surface area (TPSA) is 44.9 Å². The van der Waals surface area contributed by atoms with E-state index in [-0.39, 0.29) is 5.91 Å². The molecule has 4 heteroatoms. The molecule has 0 aliphatic heterocycles. The van der Waals surface area contributed by atoms with Crippen LogP contribution >= 0.6 is 0 Å². The molecule has 0 spiro atoms. The summed E-state index contributed by atoms with van der Waals surface area (Å²) in [4.78, 5) is 14.7. The summed E-state index contributed by atoms with van der Waals surface area (Å²) in [6.07, 6.45) is 3.59. The van der Waals surface area contributed by atoms with Gasteiger partial charge in [-0.05, 0) is 42.3 Å². The molecule has 88 valence electrons. The summed E-state index contributed by atoms with van der Waals surface area (Å²) in [5, 5.41) is 2.73. The average molecular weight is 232 g/mol. The lowest BCUT2D eigenvalue weighted by Crippen LogP contribution is -2.22. The Morgan fingerprint density at radius 3 is 2.88 bits per heavy atom. The lowest BCUT2D eigenvalue weighted by Gasteiger charge is -2.05. The van der Waals surface area contributed by atoms with E-state index >= 15 is 0 Å². The van der Waals surface area contributed by atoms with Crippen LogP contribution in [0.2, 0.25) is 0 Å². The first-order chi connectivity index (χ1) is 8.15. The Hall–Kier alpha value is -2.10. The number of aromatic amines is 1. The molecule has 0 bridgehead atoms. The predicted octanol–water partition coefficient (Wildman–Crippen LogP) is 2.39. The van der Waals surface area contributed by atoms with E-state index in [4.69, 9.17) is 0 Å². The number of carbonyl (C=O) groups is 1. The first kappa shape index (κ1) is 11.4. The Labute approximate surface area is 98.7 Å². The molecule has 1 heterocycles. The first-order valence-electron chi connectivity index (χ1n) is 5.32. The van der Waals surface area contributed by atoms with Crippen molar-refractivity contribution in [3.63, 3.8) is 0 Å². The number of hydrogen-bond donors (Lipinski definition) is 2. The van der Waals surface area contributed by atoms with E-state index in [1.54, 1.807) is 25.4 Å². The zero-order chi connectivity index (χ0) is 12.3. The van der Waals surface area contributed by atoms with E-state index in [1.807, 2.05) is 6.07 Å². The van der Waals surface area contributed by atoms with Crippen LogP contribution in [0.1, 0.15) is 21.5 Å². The average Bonchev–Trinajstić information content (AvgIpc) is 2.77. The Morgan fingerprint density at radius 1 is 1.41 bits per heavy atom. The lowest BCUT2D eigenvalue weighted by molar-refractivity contribution is 0.0950. The van der Waals surface area contributed by atoms with Crippen LogP contribution in [-0.2, 0) is 6.54 Å². The zero-order valence-corrected chi connectivity index (χ0v) is 9.46. The Morgan fingerprint density at radius 2 is 2.24 bits per heavy atom. The Kier molecular flexibility index (Phi) is 3.23. The molecule has 0 atom stereocenters. The van der Waals surface area contributed by atoms with Crippen LogP contribution in [0.3, 0.4) is 0 Å². The number of carbonyl (C=O) groups excluding carboxylic acids is 1. The maximum atomic E-state index is 13.1. The minimum atomic E-state index is -0.392. The molecule has 1 aromatic carbocycles. The summed E-state index contributed by atoms with van der Waals surface area (Å²) in [7, 11) is 0. The van der Waals surface area contributed by atoms with Crippen LogP contribution in [0.25, 0.3) is 0 Å². The van der Waals surface area contributed by atoms with Crippen molar-refractivity contribution in [2.24, 2.45) is 0 Å². The third-order valence-corrected chi connectivity index (χ3v) is 2.42. The van der Waals surface area contributed by atoms with E-state index in [0.29, 0.717) is 12.1 Å². The molecule has 0 aliphatic carbocycles. The maximum absolute atomic E-state index is 13.1. The zero-order valence-electron chi connectivity index (χ0n) is 9.46. The van der Waals surface area contributed by atoms with Crippen LogP contribution in [0, 0.1) is 12.7 Å². The van der Waals surface area contributed by atoms with Crippen molar-refractivity contribution in [2.75, 3.05) is 0 Å². The Bertz CT molecular complexity index is 500. The van der Waals surface area contributed by atoms with E-state index < -0.39 is 5.82 Å². The normalized spacial score (nSPS) is 10.2. The number of hydrogen-bond acceptors (Lipinski definition) is 1. The van der Waals surface area contributed by atoms with Gasteiger partial charge in [0.1, 0.15) is 5.82 Å². The first-order valence-corrected chi connectivity index (χ1v) is 5.32. The minimum Gasteiger partial charge on any atom is -0.367 e. The highest BCUT2D eigenvalue weighted by molar-refractivity contribution is 5.94. The van der Waals surface area contributed by atoms with E-state index in [2.05, 4.69) is 10.3 Å². The summed E-state index contributed by atoms with van der Waals surface area (Å²) in [5.41, 5.74) is 2.06. The molecule has 2 N–H and O–H groups in total. The van der Waals surface area contributed by atoms with Gasteiger partial charge < -0.3 is 10.3 Å².